The van der Waals surface area contributed by atoms with E-state index in [9.17, 15) is 19.5 Å². The first-order valence-corrected chi connectivity index (χ1v) is 11.8. The van der Waals surface area contributed by atoms with E-state index in [4.69, 9.17) is 9.68 Å². The first-order chi connectivity index (χ1) is 16.1. The van der Waals surface area contributed by atoms with Crippen molar-refractivity contribution in [1.82, 2.24) is 20.8 Å². The van der Waals surface area contributed by atoms with Gasteiger partial charge < -0.3 is 15.3 Å². The van der Waals surface area contributed by atoms with Crippen molar-refractivity contribution in [2.45, 2.75) is 77.6 Å². The third-order valence-corrected chi connectivity index (χ3v) is 7.03. The summed E-state index contributed by atoms with van der Waals surface area (Å²) >= 11 is 0. The monoisotopic (exact) mass is 476 g/mol. The molecule has 2 aliphatic heterocycles. The van der Waals surface area contributed by atoms with Crippen molar-refractivity contribution in [3.8, 4) is 0 Å². The summed E-state index contributed by atoms with van der Waals surface area (Å²) in [6.45, 7) is 8.66. The molecule has 34 heavy (non-hydrogen) atoms. The van der Waals surface area contributed by atoms with Gasteiger partial charge in [-0.25, -0.2) is 15.1 Å². The number of benzene rings is 1. The van der Waals surface area contributed by atoms with Gasteiger partial charge in [0.15, 0.2) is 0 Å². The molecule has 10 nitrogen and oxygen atoms in total. The number of carboxylic acid groups (broad SMARTS) is 1. The van der Waals surface area contributed by atoms with Crippen LogP contribution < -0.4 is 10.8 Å². The topological polar surface area (TPSA) is 120 Å². The third kappa shape index (κ3) is 5.61. The Labute approximate surface area is 200 Å². The molecule has 0 radical (unpaired) electrons. The molecule has 3 N–H and O–H groups in total. The van der Waals surface area contributed by atoms with Crippen LogP contribution in [0.15, 0.2) is 30.3 Å². The number of nitrogens with one attached hydrogen (secondary N) is 2. The summed E-state index contributed by atoms with van der Waals surface area (Å²) in [6.07, 6.45) is 1.03. The molecule has 3 rings (SSSR count). The van der Waals surface area contributed by atoms with Crippen LogP contribution in [0, 0.1) is 5.41 Å². The fourth-order valence-electron chi connectivity index (χ4n) is 4.83. The molecule has 2 aliphatic rings. The summed E-state index contributed by atoms with van der Waals surface area (Å²) in [6, 6.07) is 8.57. The molecule has 1 unspecified atom stereocenters. The Bertz CT molecular complexity index is 874. The zero-order chi connectivity index (χ0) is 24.9. The molecule has 4 amide bonds. The molecule has 0 aliphatic carbocycles. The Morgan fingerprint density at radius 2 is 1.88 bits per heavy atom. The van der Waals surface area contributed by atoms with Crippen molar-refractivity contribution in [2.75, 3.05) is 13.2 Å². The number of hydroxylamine groups is 3. The second kappa shape index (κ2) is 10.6. The number of hydrogen-bond donors (Lipinski definition) is 3. The largest absolute Gasteiger partial charge is 0.465 e. The quantitative estimate of drug-likeness (QED) is 0.352. The van der Waals surface area contributed by atoms with Crippen molar-refractivity contribution in [3.63, 3.8) is 0 Å². The lowest BCUT2D eigenvalue weighted by molar-refractivity contribution is -0.141. The third-order valence-electron chi connectivity index (χ3n) is 7.03. The van der Waals surface area contributed by atoms with Crippen LogP contribution in [-0.4, -0.2) is 63.9 Å². The summed E-state index contributed by atoms with van der Waals surface area (Å²) in [5, 5.41) is 13.3. The highest BCUT2D eigenvalue weighted by atomic mass is 16.7. The van der Waals surface area contributed by atoms with E-state index in [1.807, 2.05) is 58.0 Å². The minimum absolute atomic E-state index is 0.0831. The van der Waals surface area contributed by atoms with Crippen LogP contribution in [0.25, 0.3) is 0 Å². The lowest BCUT2D eigenvalue weighted by Gasteiger charge is -2.44. The normalized spacial score (nSPS) is 21.8. The fraction of sp³-hybridized carbons (Fsp3) is 0.625. The Balaban J connectivity index is 1.51. The van der Waals surface area contributed by atoms with Crippen molar-refractivity contribution in [1.29, 1.82) is 0 Å². The predicted molar refractivity (Wildman–Crippen MR) is 124 cm³/mol. The van der Waals surface area contributed by atoms with Crippen LogP contribution in [0.4, 0.5) is 9.59 Å². The van der Waals surface area contributed by atoms with Gasteiger partial charge in [-0.2, -0.15) is 5.06 Å². The zero-order valence-electron chi connectivity index (χ0n) is 20.4. The van der Waals surface area contributed by atoms with Gasteiger partial charge in [0.05, 0.1) is 18.2 Å². The van der Waals surface area contributed by atoms with Crippen LogP contribution in [-0.2, 0) is 21.1 Å². The van der Waals surface area contributed by atoms with E-state index in [0.29, 0.717) is 32.2 Å². The highest BCUT2D eigenvalue weighted by Crippen LogP contribution is 2.36. The van der Waals surface area contributed by atoms with E-state index in [1.54, 1.807) is 0 Å². The number of fused-ring (bicyclic) bond motifs is 2. The number of amides is 4. The first kappa shape index (κ1) is 25.8. The number of urea groups is 1. The Morgan fingerprint density at radius 1 is 1.18 bits per heavy atom. The average molecular weight is 477 g/mol. The molecule has 2 fully saturated rings. The van der Waals surface area contributed by atoms with Crippen molar-refractivity contribution < 1.29 is 29.2 Å². The molecule has 2 bridgehead atoms. The van der Waals surface area contributed by atoms with Gasteiger partial charge in [-0.1, -0.05) is 58.0 Å². The van der Waals surface area contributed by atoms with Gasteiger partial charge >= 0.3 is 12.1 Å². The van der Waals surface area contributed by atoms with Crippen LogP contribution in [0.1, 0.15) is 58.9 Å². The minimum atomic E-state index is -1.09. The maximum atomic E-state index is 12.9. The first-order valence-electron chi connectivity index (χ1n) is 11.8. The molecule has 0 spiro atoms. The SMILES string of the molecule is CCC(CCONC(=O)[C@@H]1CC[C@@H]2CN1C(=O)N2OCc1ccccc1)(NC(=O)O)C(C)(C)C. The van der Waals surface area contributed by atoms with Gasteiger partial charge in [0, 0.05) is 6.54 Å². The van der Waals surface area contributed by atoms with Gasteiger partial charge in [-0.3, -0.25) is 14.5 Å². The fourth-order valence-corrected chi connectivity index (χ4v) is 4.83. The molecule has 188 valence electrons. The molecular formula is C24H36N4O6. The summed E-state index contributed by atoms with van der Waals surface area (Å²) in [4.78, 5) is 49.8. The van der Waals surface area contributed by atoms with E-state index < -0.39 is 17.7 Å². The molecule has 2 heterocycles. The van der Waals surface area contributed by atoms with Crippen LogP contribution in [0.2, 0.25) is 0 Å². The number of rotatable bonds is 10. The second-order valence-corrected chi connectivity index (χ2v) is 9.95. The van der Waals surface area contributed by atoms with Crippen LogP contribution >= 0.6 is 0 Å². The molecule has 2 saturated heterocycles. The lowest BCUT2D eigenvalue weighted by Crippen LogP contribution is -2.57. The van der Waals surface area contributed by atoms with E-state index >= 15 is 0 Å². The van der Waals surface area contributed by atoms with Crippen molar-refractivity contribution in [3.05, 3.63) is 35.9 Å². The zero-order valence-corrected chi connectivity index (χ0v) is 20.4. The van der Waals surface area contributed by atoms with Gasteiger partial charge in [-0.15, -0.1) is 0 Å². The number of carbonyl (C=O) groups is 3. The van der Waals surface area contributed by atoms with Gasteiger partial charge in [0.25, 0.3) is 5.91 Å². The Morgan fingerprint density at radius 3 is 2.50 bits per heavy atom. The molecule has 10 heteroatoms. The van der Waals surface area contributed by atoms with Gasteiger partial charge in [0.1, 0.15) is 12.6 Å². The number of nitrogens with zero attached hydrogens (tertiary/aromatic N) is 2. The molecule has 1 aromatic carbocycles. The minimum Gasteiger partial charge on any atom is -0.465 e. The maximum absolute atomic E-state index is 12.9. The number of carbonyl (C=O) groups excluding carboxylic acids is 2. The van der Waals surface area contributed by atoms with E-state index in [1.165, 1.54) is 9.96 Å². The second-order valence-electron chi connectivity index (χ2n) is 9.95. The molecule has 3 atom stereocenters. The highest BCUT2D eigenvalue weighted by Gasteiger charge is 2.48. The summed E-state index contributed by atoms with van der Waals surface area (Å²) < 4.78 is 0. The number of hydrogen-bond acceptors (Lipinski definition) is 5. The van der Waals surface area contributed by atoms with Crippen LogP contribution in [0.3, 0.4) is 0 Å². The smallest absolute Gasteiger partial charge is 0.405 e. The Hall–Kier alpha value is -2.85. The van der Waals surface area contributed by atoms with Crippen molar-refractivity contribution in [2.24, 2.45) is 5.41 Å². The average Bonchev–Trinajstić information content (AvgIpc) is 3.03. The summed E-state index contributed by atoms with van der Waals surface area (Å²) in [7, 11) is 0. The summed E-state index contributed by atoms with van der Waals surface area (Å²) in [5.41, 5.74) is 2.37. The van der Waals surface area contributed by atoms with Gasteiger partial charge in [0.2, 0.25) is 0 Å². The molecule has 1 aromatic rings. The Kier molecular flexibility index (Phi) is 8.04. The molecule has 0 saturated carbocycles. The summed E-state index contributed by atoms with van der Waals surface area (Å²) in [5.74, 6) is -0.388. The predicted octanol–water partition coefficient (Wildman–Crippen LogP) is 3.29. The number of piperidine rings is 1. The molecular weight excluding hydrogens is 440 g/mol. The van der Waals surface area contributed by atoms with E-state index in [2.05, 4.69) is 10.8 Å². The lowest BCUT2D eigenvalue weighted by atomic mass is 9.70. The molecule has 0 aromatic heterocycles. The standard InChI is InChI=1S/C24H36N4O6/c1-5-24(23(2,3)4,25-21(30)31)13-14-33-26-20(29)19-12-11-18-15-27(19)22(32)28(18)34-16-17-9-7-6-8-10-17/h6-10,18-19,25H,5,11-16H2,1-4H3,(H,26,29)(H,30,31)/t18-,19+,24?/m1/s1. The van der Waals surface area contributed by atoms with Gasteiger partial charge in [-0.05, 0) is 36.7 Å². The van der Waals surface area contributed by atoms with Crippen LogP contribution in [0.5, 0.6) is 0 Å². The van der Waals surface area contributed by atoms with Crippen molar-refractivity contribution >= 4 is 18.0 Å². The maximum Gasteiger partial charge on any atom is 0.405 e. The van der Waals surface area contributed by atoms with E-state index in [0.717, 1.165) is 5.56 Å². The highest BCUT2D eigenvalue weighted by molar-refractivity contribution is 5.88. The van der Waals surface area contributed by atoms with E-state index in [-0.39, 0.29) is 36.6 Å².